The molecule has 2 aliphatic carbocycles. The summed E-state index contributed by atoms with van der Waals surface area (Å²) >= 11 is 0. The van der Waals surface area contributed by atoms with Crippen molar-refractivity contribution in [3.63, 3.8) is 0 Å². The van der Waals surface area contributed by atoms with Crippen LogP contribution in [-0.4, -0.2) is 0 Å². The molecule has 0 saturated heterocycles. The Kier molecular flexibility index (Phi) is 3.97. The van der Waals surface area contributed by atoms with E-state index in [1.165, 1.54) is 44.9 Å². The van der Waals surface area contributed by atoms with Gasteiger partial charge in [-0.1, -0.05) is 52.9 Å². The summed E-state index contributed by atoms with van der Waals surface area (Å²) in [4.78, 5) is 0. The molecule has 0 aliphatic heterocycles. The molecule has 0 aromatic heterocycles. The Morgan fingerprint density at radius 2 is 1.12 bits per heavy atom. The van der Waals surface area contributed by atoms with Gasteiger partial charge >= 0.3 is 0 Å². The fraction of sp³-hybridized carbons (Fsp3) is 1.00. The van der Waals surface area contributed by atoms with Gasteiger partial charge in [-0.2, -0.15) is 0 Å². The standard InChI is InChI=1S/C16H30/c1-16(2,3)15-11-9-14(10-12-15)13-7-5-4-6-8-13/h13-15H,4-12H2,1-3H3. The second-order valence-corrected chi connectivity index (χ2v) is 7.38. The molecular weight excluding hydrogens is 192 g/mol. The van der Waals surface area contributed by atoms with Crippen LogP contribution in [-0.2, 0) is 0 Å². The van der Waals surface area contributed by atoms with Gasteiger partial charge in [-0.3, -0.25) is 0 Å². The van der Waals surface area contributed by atoms with Gasteiger partial charge in [-0.25, -0.2) is 0 Å². The zero-order valence-electron chi connectivity index (χ0n) is 11.6. The Morgan fingerprint density at radius 3 is 1.62 bits per heavy atom. The van der Waals surface area contributed by atoms with Crippen LogP contribution in [0.1, 0.15) is 78.6 Å². The molecule has 0 N–H and O–H groups in total. The highest BCUT2D eigenvalue weighted by Crippen LogP contribution is 2.44. The first-order chi connectivity index (χ1) is 7.57. The highest BCUT2D eigenvalue weighted by Gasteiger charge is 2.32. The van der Waals surface area contributed by atoms with Crippen molar-refractivity contribution in [1.82, 2.24) is 0 Å². The first-order valence-electron chi connectivity index (χ1n) is 7.57. The number of rotatable bonds is 1. The van der Waals surface area contributed by atoms with Crippen LogP contribution in [0.15, 0.2) is 0 Å². The van der Waals surface area contributed by atoms with Gasteiger partial charge in [-0.15, -0.1) is 0 Å². The van der Waals surface area contributed by atoms with Crippen molar-refractivity contribution in [3.8, 4) is 0 Å². The molecule has 2 saturated carbocycles. The van der Waals surface area contributed by atoms with Crippen molar-refractivity contribution in [2.45, 2.75) is 78.6 Å². The van der Waals surface area contributed by atoms with E-state index >= 15 is 0 Å². The molecule has 0 atom stereocenters. The van der Waals surface area contributed by atoms with Gasteiger partial charge in [0.15, 0.2) is 0 Å². The summed E-state index contributed by atoms with van der Waals surface area (Å²) in [7, 11) is 0. The molecule has 0 heterocycles. The summed E-state index contributed by atoms with van der Waals surface area (Å²) in [6, 6.07) is 0. The molecule has 16 heavy (non-hydrogen) atoms. The van der Waals surface area contributed by atoms with Crippen molar-refractivity contribution < 1.29 is 0 Å². The van der Waals surface area contributed by atoms with Gasteiger partial charge in [0.1, 0.15) is 0 Å². The summed E-state index contributed by atoms with van der Waals surface area (Å²) in [5.41, 5.74) is 0.553. The van der Waals surface area contributed by atoms with Gasteiger partial charge in [-0.05, 0) is 48.9 Å². The van der Waals surface area contributed by atoms with Gasteiger partial charge in [0.25, 0.3) is 0 Å². The van der Waals surface area contributed by atoms with Crippen molar-refractivity contribution >= 4 is 0 Å². The van der Waals surface area contributed by atoms with E-state index in [0.29, 0.717) is 5.41 Å². The zero-order chi connectivity index (χ0) is 11.6. The predicted molar refractivity (Wildman–Crippen MR) is 71.5 cm³/mol. The van der Waals surface area contributed by atoms with Crippen LogP contribution in [0.25, 0.3) is 0 Å². The lowest BCUT2D eigenvalue weighted by molar-refractivity contribution is 0.110. The van der Waals surface area contributed by atoms with Crippen LogP contribution in [0.5, 0.6) is 0 Å². The summed E-state index contributed by atoms with van der Waals surface area (Å²) in [6.07, 6.45) is 13.7. The average molecular weight is 222 g/mol. The maximum absolute atomic E-state index is 2.43. The molecule has 0 spiro atoms. The molecule has 0 bridgehead atoms. The van der Waals surface area contributed by atoms with E-state index in [1.807, 2.05) is 0 Å². The molecule has 0 aromatic carbocycles. The minimum absolute atomic E-state index is 0.553. The molecular formula is C16H30. The first-order valence-corrected chi connectivity index (χ1v) is 7.57. The molecule has 0 nitrogen and oxygen atoms in total. The maximum Gasteiger partial charge on any atom is -0.0354 e. The fourth-order valence-electron chi connectivity index (χ4n) is 4.06. The van der Waals surface area contributed by atoms with Crippen molar-refractivity contribution in [3.05, 3.63) is 0 Å². The first kappa shape index (κ1) is 12.5. The lowest BCUT2D eigenvalue weighted by atomic mass is 9.65. The topological polar surface area (TPSA) is 0 Å². The minimum Gasteiger partial charge on any atom is -0.0599 e. The fourth-order valence-corrected chi connectivity index (χ4v) is 4.06. The molecule has 2 fully saturated rings. The Hall–Kier alpha value is 0. The third-order valence-corrected chi connectivity index (χ3v) is 5.31. The number of hydrogen-bond donors (Lipinski definition) is 0. The van der Waals surface area contributed by atoms with E-state index < -0.39 is 0 Å². The number of hydrogen-bond acceptors (Lipinski definition) is 0. The van der Waals surface area contributed by atoms with E-state index in [1.54, 1.807) is 12.8 Å². The highest BCUT2D eigenvalue weighted by atomic mass is 14.4. The van der Waals surface area contributed by atoms with Crippen molar-refractivity contribution in [1.29, 1.82) is 0 Å². The van der Waals surface area contributed by atoms with Gasteiger partial charge in [0.2, 0.25) is 0 Å². The van der Waals surface area contributed by atoms with Crippen molar-refractivity contribution in [2.24, 2.45) is 23.2 Å². The molecule has 0 amide bonds. The summed E-state index contributed by atoms with van der Waals surface area (Å²) < 4.78 is 0. The Balaban J connectivity index is 1.80. The molecule has 0 unspecified atom stereocenters. The van der Waals surface area contributed by atoms with Crippen LogP contribution < -0.4 is 0 Å². The SMILES string of the molecule is CC(C)(C)C1CCC(C2CCCCC2)CC1. The van der Waals surface area contributed by atoms with Crippen LogP contribution in [0.3, 0.4) is 0 Å². The summed E-state index contributed by atoms with van der Waals surface area (Å²) in [5.74, 6) is 3.20. The summed E-state index contributed by atoms with van der Waals surface area (Å²) in [5, 5.41) is 0. The third kappa shape index (κ3) is 3.02. The van der Waals surface area contributed by atoms with Crippen molar-refractivity contribution in [2.75, 3.05) is 0 Å². The minimum atomic E-state index is 0.553. The average Bonchev–Trinajstić information content (AvgIpc) is 2.29. The molecule has 0 radical (unpaired) electrons. The Bertz CT molecular complexity index is 197. The van der Waals surface area contributed by atoms with E-state index in [9.17, 15) is 0 Å². The van der Waals surface area contributed by atoms with Crippen LogP contribution in [0.2, 0.25) is 0 Å². The second kappa shape index (κ2) is 5.10. The Morgan fingerprint density at radius 1 is 0.625 bits per heavy atom. The lowest BCUT2D eigenvalue weighted by Crippen LogP contribution is -2.29. The van der Waals surface area contributed by atoms with Gasteiger partial charge in [0.05, 0.1) is 0 Å². The predicted octanol–water partition coefficient (Wildman–Crippen LogP) is 5.42. The highest BCUT2D eigenvalue weighted by molar-refractivity contribution is 4.84. The van der Waals surface area contributed by atoms with Gasteiger partial charge in [0, 0.05) is 0 Å². The quantitative estimate of drug-likeness (QED) is 0.556. The largest absolute Gasteiger partial charge is 0.0599 e. The maximum atomic E-state index is 2.43. The molecule has 2 rings (SSSR count). The second-order valence-electron chi connectivity index (χ2n) is 7.38. The summed E-state index contributed by atoms with van der Waals surface area (Å²) in [6.45, 7) is 7.29. The Labute approximate surface area is 102 Å². The van der Waals surface area contributed by atoms with Crippen LogP contribution in [0, 0.1) is 23.2 Å². The molecule has 0 heteroatoms. The van der Waals surface area contributed by atoms with E-state index in [0.717, 1.165) is 17.8 Å². The lowest BCUT2D eigenvalue weighted by Gasteiger charge is -2.40. The molecule has 94 valence electrons. The molecule has 0 aromatic rings. The van der Waals surface area contributed by atoms with Gasteiger partial charge < -0.3 is 0 Å². The van der Waals surface area contributed by atoms with E-state index in [4.69, 9.17) is 0 Å². The smallest absolute Gasteiger partial charge is 0.0354 e. The normalized spacial score (nSPS) is 33.9. The van der Waals surface area contributed by atoms with Crippen LogP contribution >= 0.6 is 0 Å². The monoisotopic (exact) mass is 222 g/mol. The van der Waals surface area contributed by atoms with Crippen LogP contribution in [0.4, 0.5) is 0 Å². The third-order valence-electron chi connectivity index (χ3n) is 5.31. The van der Waals surface area contributed by atoms with E-state index in [2.05, 4.69) is 20.8 Å². The molecule has 2 aliphatic rings. The van der Waals surface area contributed by atoms with E-state index in [-0.39, 0.29) is 0 Å². The zero-order valence-corrected chi connectivity index (χ0v) is 11.6.